The Morgan fingerprint density at radius 1 is 1.32 bits per heavy atom. The van der Waals surface area contributed by atoms with Gasteiger partial charge in [-0.15, -0.1) is 11.3 Å². The second-order valence-corrected chi connectivity index (χ2v) is 7.12. The lowest BCUT2D eigenvalue weighted by atomic mass is 10.1. The summed E-state index contributed by atoms with van der Waals surface area (Å²) in [4.78, 5) is 29.3. The highest BCUT2D eigenvalue weighted by molar-refractivity contribution is 7.13. The molecule has 22 heavy (non-hydrogen) atoms. The van der Waals surface area contributed by atoms with Crippen LogP contribution in [0.4, 0.5) is 0 Å². The van der Waals surface area contributed by atoms with Gasteiger partial charge >= 0.3 is 0 Å². The molecule has 2 aromatic rings. The van der Waals surface area contributed by atoms with Crippen molar-refractivity contribution in [2.45, 2.75) is 31.7 Å². The Hall–Kier alpha value is -2.01. The molecule has 1 aromatic carbocycles. The van der Waals surface area contributed by atoms with Crippen molar-refractivity contribution in [3.05, 3.63) is 51.5 Å². The number of hydrogen-bond donors (Lipinski definition) is 1. The van der Waals surface area contributed by atoms with Gasteiger partial charge in [-0.3, -0.25) is 9.59 Å². The van der Waals surface area contributed by atoms with E-state index in [1.165, 1.54) is 24.2 Å². The first kappa shape index (κ1) is 13.6. The number of nitrogens with one attached hydrogen (secondary N) is 1. The number of benzene rings is 1. The molecule has 1 aromatic heterocycles. The number of thiazole rings is 1. The van der Waals surface area contributed by atoms with Crippen LogP contribution in [-0.2, 0) is 6.42 Å². The lowest BCUT2D eigenvalue weighted by molar-refractivity contribution is 0.0928. The second-order valence-electron chi connectivity index (χ2n) is 6.01. The third kappa shape index (κ3) is 2.57. The van der Waals surface area contributed by atoms with E-state index in [1.807, 2.05) is 24.3 Å². The van der Waals surface area contributed by atoms with Crippen molar-refractivity contribution in [1.29, 1.82) is 0 Å². The van der Waals surface area contributed by atoms with Gasteiger partial charge in [0.25, 0.3) is 5.91 Å². The number of aromatic nitrogens is 1. The monoisotopic (exact) mass is 312 g/mol. The molecule has 0 unspecified atom stereocenters. The number of fused-ring (bicyclic) bond motifs is 1. The zero-order valence-electron chi connectivity index (χ0n) is 12.0. The minimum Gasteiger partial charge on any atom is -0.344 e. The Bertz CT molecular complexity index is 749. The maximum atomic E-state index is 12.4. The van der Waals surface area contributed by atoms with Crippen molar-refractivity contribution < 1.29 is 9.59 Å². The minimum atomic E-state index is -0.217. The minimum absolute atomic E-state index is 0.0969. The van der Waals surface area contributed by atoms with Gasteiger partial charge in [-0.1, -0.05) is 24.3 Å². The summed E-state index contributed by atoms with van der Waals surface area (Å²) in [6.45, 7) is 0. The summed E-state index contributed by atoms with van der Waals surface area (Å²) in [7, 11) is 0. The Morgan fingerprint density at radius 2 is 2.14 bits per heavy atom. The molecule has 0 saturated heterocycles. The van der Waals surface area contributed by atoms with Crippen LogP contribution < -0.4 is 5.32 Å². The van der Waals surface area contributed by atoms with Crippen LogP contribution in [0.3, 0.4) is 0 Å². The van der Waals surface area contributed by atoms with E-state index in [2.05, 4.69) is 10.3 Å². The van der Waals surface area contributed by atoms with Gasteiger partial charge in [-0.05, 0) is 24.3 Å². The van der Waals surface area contributed by atoms with Crippen LogP contribution in [0.5, 0.6) is 0 Å². The molecular weight excluding hydrogens is 296 g/mol. The Balaban J connectivity index is 1.48. The van der Waals surface area contributed by atoms with Crippen molar-refractivity contribution >= 4 is 23.0 Å². The van der Waals surface area contributed by atoms with Crippen LogP contribution in [0.15, 0.2) is 30.5 Å². The number of nitrogens with zero attached hydrogens (tertiary/aromatic N) is 1. The molecule has 4 nitrogen and oxygen atoms in total. The summed E-state index contributed by atoms with van der Waals surface area (Å²) in [5, 5.41) is 4.01. The number of Topliss-reactive ketones (excluding diaryl/α,β-unsaturated/α-hetero) is 1. The van der Waals surface area contributed by atoms with Gasteiger partial charge in [0, 0.05) is 18.4 Å². The van der Waals surface area contributed by atoms with Crippen LogP contribution >= 0.6 is 11.3 Å². The van der Waals surface area contributed by atoms with E-state index in [-0.39, 0.29) is 17.7 Å². The van der Waals surface area contributed by atoms with E-state index in [1.54, 1.807) is 6.20 Å². The predicted octanol–water partition coefficient (Wildman–Crippen LogP) is 3.15. The number of hydrogen-bond acceptors (Lipinski definition) is 4. The zero-order chi connectivity index (χ0) is 15.1. The first-order valence-electron chi connectivity index (χ1n) is 7.58. The fourth-order valence-corrected chi connectivity index (χ4v) is 3.83. The van der Waals surface area contributed by atoms with E-state index in [0.717, 1.165) is 28.5 Å². The summed E-state index contributed by atoms with van der Waals surface area (Å²) in [5.74, 6) is 0.732. The standard InChI is InChI=1S/C17H16N2O2S/c20-14-8-13(11-3-1-2-4-12(11)14)19-17(21)15-9-18-16(22-15)7-10-5-6-10/h1-4,9-10,13H,5-8H2,(H,19,21)/t13-/m0/s1. The van der Waals surface area contributed by atoms with Gasteiger partial charge in [-0.2, -0.15) is 0 Å². The molecule has 0 bridgehead atoms. The van der Waals surface area contributed by atoms with Crippen molar-refractivity contribution in [1.82, 2.24) is 10.3 Å². The molecule has 1 N–H and O–H groups in total. The van der Waals surface area contributed by atoms with E-state index in [9.17, 15) is 9.59 Å². The Kier molecular flexibility index (Phi) is 3.30. The normalized spacial score (nSPS) is 20.0. The number of carbonyl (C=O) groups excluding carboxylic acids is 2. The van der Waals surface area contributed by atoms with E-state index in [0.29, 0.717) is 11.3 Å². The first-order valence-corrected chi connectivity index (χ1v) is 8.40. The van der Waals surface area contributed by atoms with Crippen LogP contribution in [0.25, 0.3) is 0 Å². The third-order valence-electron chi connectivity index (χ3n) is 4.27. The van der Waals surface area contributed by atoms with Crippen LogP contribution in [0.1, 0.15) is 55.9 Å². The molecule has 0 aliphatic heterocycles. The van der Waals surface area contributed by atoms with Crippen LogP contribution in [-0.4, -0.2) is 16.7 Å². The molecule has 0 radical (unpaired) electrons. The zero-order valence-corrected chi connectivity index (χ0v) is 12.9. The molecule has 2 aliphatic carbocycles. The van der Waals surface area contributed by atoms with Crippen molar-refractivity contribution in [2.24, 2.45) is 5.92 Å². The van der Waals surface area contributed by atoms with E-state index >= 15 is 0 Å². The van der Waals surface area contributed by atoms with Gasteiger partial charge in [0.2, 0.25) is 0 Å². The van der Waals surface area contributed by atoms with E-state index in [4.69, 9.17) is 0 Å². The van der Waals surface area contributed by atoms with Gasteiger partial charge in [0.1, 0.15) is 4.88 Å². The third-order valence-corrected chi connectivity index (χ3v) is 5.29. The summed E-state index contributed by atoms with van der Waals surface area (Å²) in [5.41, 5.74) is 1.65. The highest BCUT2D eigenvalue weighted by Crippen LogP contribution is 2.34. The average molecular weight is 312 g/mol. The molecular formula is C17H16N2O2S. The molecule has 1 amide bonds. The summed E-state index contributed by atoms with van der Waals surface area (Å²) >= 11 is 1.47. The predicted molar refractivity (Wildman–Crippen MR) is 84.1 cm³/mol. The maximum absolute atomic E-state index is 12.4. The summed E-state index contributed by atoms with van der Waals surface area (Å²) in [6.07, 6.45) is 5.55. The van der Waals surface area contributed by atoms with Gasteiger partial charge in [0.15, 0.2) is 5.78 Å². The Morgan fingerprint density at radius 3 is 2.95 bits per heavy atom. The first-order chi connectivity index (χ1) is 10.7. The fourth-order valence-electron chi connectivity index (χ4n) is 2.90. The molecule has 1 saturated carbocycles. The van der Waals surface area contributed by atoms with Gasteiger partial charge in [0.05, 0.1) is 17.2 Å². The average Bonchev–Trinajstić information content (AvgIpc) is 3.11. The SMILES string of the molecule is O=C(N[C@H]1CC(=O)c2ccccc21)c1cnc(CC2CC2)s1. The summed E-state index contributed by atoms with van der Waals surface area (Å²) in [6, 6.07) is 7.27. The van der Waals surface area contributed by atoms with Crippen LogP contribution in [0.2, 0.25) is 0 Å². The molecule has 2 aliphatic rings. The molecule has 1 fully saturated rings. The lowest BCUT2D eigenvalue weighted by Crippen LogP contribution is -2.26. The van der Waals surface area contributed by atoms with Crippen molar-refractivity contribution in [2.75, 3.05) is 0 Å². The molecule has 5 heteroatoms. The van der Waals surface area contributed by atoms with Crippen molar-refractivity contribution in [3.8, 4) is 0 Å². The molecule has 112 valence electrons. The smallest absolute Gasteiger partial charge is 0.263 e. The van der Waals surface area contributed by atoms with E-state index < -0.39 is 0 Å². The highest BCUT2D eigenvalue weighted by atomic mass is 32.1. The molecule has 4 rings (SSSR count). The van der Waals surface area contributed by atoms with Gasteiger partial charge in [-0.25, -0.2) is 4.98 Å². The molecule has 0 spiro atoms. The fraction of sp³-hybridized carbons (Fsp3) is 0.353. The molecule has 1 heterocycles. The quantitative estimate of drug-likeness (QED) is 0.943. The maximum Gasteiger partial charge on any atom is 0.263 e. The van der Waals surface area contributed by atoms with Gasteiger partial charge < -0.3 is 5.32 Å². The second kappa shape index (κ2) is 5.32. The largest absolute Gasteiger partial charge is 0.344 e. The highest BCUT2D eigenvalue weighted by Gasteiger charge is 2.30. The summed E-state index contributed by atoms with van der Waals surface area (Å²) < 4.78 is 0. The number of carbonyl (C=O) groups is 2. The number of rotatable bonds is 4. The topological polar surface area (TPSA) is 59.1 Å². The number of amides is 1. The Labute approximate surface area is 132 Å². The number of ketones is 1. The molecule has 1 atom stereocenters. The van der Waals surface area contributed by atoms with Crippen molar-refractivity contribution in [3.63, 3.8) is 0 Å². The lowest BCUT2D eigenvalue weighted by Gasteiger charge is -2.12. The van der Waals surface area contributed by atoms with Crippen LogP contribution in [0, 0.1) is 5.92 Å².